The van der Waals surface area contributed by atoms with Gasteiger partial charge in [-0.05, 0) is 12.1 Å². The van der Waals surface area contributed by atoms with E-state index in [1.54, 1.807) is 7.11 Å². The van der Waals surface area contributed by atoms with Crippen LogP contribution in [-0.4, -0.2) is 27.0 Å². The summed E-state index contributed by atoms with van der Waals surface area (Å²) in [6.07, 6.45) is 1.53. The molecule has 7 heteroatoms. The average Bonchev–Trinajstić information content (AvgIpc) is 2.88. The van der Waals surface area contributed by atoms with Crippen molar-refractivity contribution in [3.8, 4) is 5.75 Å². The number of ether oxygens (including phenoxy) is 1. The van der Waals surface area contributed by atoms with E-state index in [4.69, 9.17) is 10.5 Å². The minimum Gasteiger partial charge on any atom is -0.497 e. The first-order valence-corrected chi connectivity index (χ1v) is 5.64. The number of nitrogens with zero attached hydrogens (tertiary/aromatic N) is 3. The van der Waals surface area contributed by atoms with E-state index >= 15 is 0 Å². The number of fused-ring (bicyclic) bond motifs is 1. The third-order valence-electron chi connectivity index (χ3n) is 2.64. The molecule has 0 fully saturated rings. The molecule has 0 atom stereocenters. The van der Waals surface area contributed by atoms with E-state index in [9.17, 15) is 0 Å². The molecule has 3 rings (SSSR count). The molecule has 2 heterocycles. The third kappa shape index (κ3) is 2.13. The van der Waals surface area contributed by atoms with Crippen LogP contribution >= 0.6 is 0 Å². The van der Waals surface area contributed by atoms with Gasteiger partial charge in [-0.15, -0.1) is 0 Å². The Labute approximate surface area is 108 Å². The van der Waals surface area contributed by atoms with Crippen LogP contribution in [0.3, 0.4) is 0 Å². The number of aromatic amines is 1. The van der Waals surface area contributed by atoms with Gasteiger partial charge in [-0.3, -0.25) is 0 Å². The van der Waals surface area contributed by atoms with E-state index in [1.807, 2.05) is 24.3 Å². The highest BCUT2D eigenvalue weighted by Gasteiger charge is 2.07. The zero-order chi connectivity index (χ0) is 13.2. The Kier molecular flexibility index (Phi) is 2.64. The number of H-pyrrole nitrogens is 1. The SMILES string of the molecule is COc1cccc(Nc2nc(N)c3[nH]cnc3n2)c1. The molecule has 0 aliphatic carbocycles. The fourth-order valence-electron chi connectivity index (χ4n) is 1.74. The molecular formula is C12H12N6O. The maximum absolute atomic E-state index is 5.82. The Morgan fingerprint density at radius 3 is 3.05 bits per heavy atom. The van der Waals surface area contributed by atoms with Gasteiger partial charge in [-0.25, -0.2) is 4.98 Å². The van der Waals surface area contributed by atoms with E-state index in [0.717, 1.165) is 11.4 Å². The lowest BCUT2D eigenvalue weighted by atomic mass is 10.3. The number of hydrogen-bond acceptors (Lipinski definition) is 6. The third-order valence-corrected chi connectivity index (χ3v) is 2.64. The smallest absolute Gasteiger partial charge is 0.231 e. The van der Waals surface area contributed by atoms with Crippen LogP contribution in [0, 0.1) is 0 Å². The van der Waals surface area contributed by atoms with Crippen LogP contribution in [0.2, 0.25) is 0 Å². The van der Waals surface area contributed by atoms with Crippen LogP contribution in [0.25, 0.3) is 11.2 Å². The van der Waals surface area contributed by atoms with Crippen LogP contribution in [0.4, 0.5) is 17.5 Å². The molecule has 0 saturated carbocycles. The van der Waals surface area contributed by atoms with Gasteiger partial charge in [0, 0.05) is 11.8 Å². The lowest BCUT2D eigenvalue weighted by Crippen LogP contribution is -2.01. The van der Waals surface area contributed by atoms with Gasteiger partial charge in [0.15, 0.2) is 11.5 Å². The molecule has 19 heavy (non-hydrogen) atoms. The van der Waals surface area contributed by atoms with Crippen molar-refractivity contribution in [1.82, 2.24) is 19.9 Å². The molecule has 0 aliphatic rings. The molecule has 7 nitrogen and oxygen atoms in total. The van der Waals surface area contributed by atoms with Crippen molar-refractivity contribution < 1.29 is 4.74 Å². The maximum atomic E-state index is 5.82. The summed E-state index contributed by atoms with van der Waals surface area (Å²) in [4.78, 5) is 15.4. The molecule has 0 amide bonds. The summed E-state index contributed by atoms with van der Waals surface area (Å²) in [7, 11) is 1.61. The highest BCUT2D eigenvalue weighted by atomic mass is 16.5. The van der Waals surface area contributed by atoms with Crippen LogP contribution in [0.5, 0.6) is 5.75 Å². The number of nitrogen functional groups attached to an aromatic ring is 1. The van der Waals surface area contributed by atoms with Gasteiger partial charge < -0.3 is 20.8 Å². The number of hydrogen-bond donors (Lipinski definition) is 3. The number of nitrogens with two attached hydrogens (primary N) is 1. The molecule has 3 aromatic rings. The molecule has 0 unspecified atom stereocenters. The van der Waals surface area contributed by atoms with Crippen molar-refractivity contribution in [3.63, 3.8) is 0 Å². The quantitative estimate of drug-likeness (QED) is 0.659. The van der Waals surface area contributed by atoms with Crippen LogP contribution in [-0.2, 0) is 0 Å². The maximum Gasteiger partial charge on any atom is 0.231 e. The molecule has 4 N–H and O–H groups in total. The predicted molar refractivity (Wildman–Crippen MR) is 72.4 cm³/mol. The van der Waals surface area contributed by atoms with Crippen LogP contribution in [0.1, 0.15) is 0 Å². The monoisotopic (exact) mass is 256 g/mol. The Morgan fingerprint density at radius 2 is 2.21 bits per heavy atom. The predicted octanol–water partition coefficient (Wildman–Crippen LogP) is 1.69. The first-order chi connectivity index (χ1) is 9.26. The Bertz CT molecular complexity index is 723. The minimum atomic E-state index is 0.355. The molecule has 2 aromatic heterocycles. The minimum absolute atomic E-state index is 0.355. The van der Waals surface area contributed by atoms with Crippen molar-refractivity contribution in [2.75, 3.05) is 18.2 Å². The summed E-state index contributed by atoms with van der Waals surface area (Å²) >= 11 is 0. The molecule has 0 spiro atoms. The van der Waals surface area contributed by atoms with Gasteiger partial charge in [0.05, 0.1) is 13.4 Å². The topological polar surface area (TPSA) is 102 Å². The lowest BCUT2D eigenvalue weighted by molar-refractivity contribution is 0.415. The average molecular weight is 256 g/mol. The Hall–Kier alpha value is -2.83. The number of imidazole rings is 1. The number of anilines is 3. The second kappa shape index (κ2) is 4.45. The van der Waals surface area contributed by atoms with Crippen LogP contribution < -0.4 is 15.8 Å². The van der Waals surface area contributed by atoms with Crippen molar-refractivity contribution in [2.24, 2.45) is 0 Å². The summed E-state index contributed by atoms with van der Waals surface area (Å²) in [6, 6.07) is 7.46. The first kappa shape index (κ1) is 11.3. The normalized spacial score (nSPS) is 10.6. The van der Waals surface area contributed by atoms with Crippen molar-refractivity contribution in [2.45, 2.75) is 0 Å². The number of rotatable bonds is 3. The van der Waals surface area contributed by atoms with Gasteiger partial charge in [0.1, 0.15) is 11.3 Å². The largest absolute Gasteiger partial charge is 0.497 e. The lowest BCUT2D eigenvalue weighted by Gasteiger charge is -2.07. The number of nitrogens with one attached hydrogen (secondary N) is 2. The number of methoxy groups -OCH3 is 1. The number of aromatic nitrogens is 4. The fourth-order valence-corrected chi connectivity index (χ4v) is 1.74. The second-order valence-corrected chi connectivity index (χ2v) is 3.89. The van der Waals surface area contributed by atoms with E-state index in [1.165, 1.54) is 6.33 Å². The van der Waals surface area contributed by atoms with E-state index < -0.39 is 0 Å². The summed E-state index contributed by atoms with van der Waals surface area (Å²) in [5.74, 6) is 1.50. The summed E-state index contributed by atoms with van der Waals surface area (Å²) in [6.45, 7) is 0. The molecule has 0 saturated heterocycles. The molecule has 0 radical (unpaired) electrons. The van der Waals surface area contributed by atoms with Crippen molar-refractivity contribution >= 4 is 28.6 Å². The zero-order valence-corrected chi connectivity index (χ0v) is 10.2. The van der Waals surface area contributed by atoms with Gasteiger partial charge in [-0.1, -0.05) is 6.07 Å². The zero-order valence-electron chi connectivity index (χ0n) is 10.2. The Morgan fingerprint density at radius 1 is 1.32 bits per heavy atom. The summed E-state index contributed by atoms with van der Waals surface area (Å²) in [5, 5.41) is 3.07. The van der Waals surface area contributed by atoms with Gasteiger partial charge in [-0.2, -0.15) is 9.97 Å². The highest BCUT2D eigenvalue weighted by Crippen LogP contribution is 2.21. The van der Waals surface area contributed by atoms with Crippen LogP contribution in [0.15, 0.2) is 30.6 Å². The molecule has 96 valence electrons. The second-order valence-electron chi connectivity index (χ2n) is 3.89. The van der Waals surface area contributed by atoms with Gasteiger partial charge in [0.2, 0.25) is 5.95 Å². The molecule has 0 bridgehead atoms. The van der Waals surface area contributed by atoms with Gasteiger partial charge in [0.25, 0.3) is 0 Å². The first-order valence-electron chi connectivity index (χ1n) is 5.64. The van der Waals surface area contributed by atoms with Crippen molar-refractivity contribution in [3.05, 3.63) is 30.6 Å². The molecule has 1 aromatic carbocycles. The summed E-state index contributed by atoms with van der Waals surface area (Å²) in [5.41, 5.74) is 7.80. The van der Waals surface area contributed by atoms with E-state index in [-0.39, 0.29) is 0 Å². The number of benzene rings is 1. The summed E-state index contributed by atoms with van der Waals surface area (Å²) < 4.78 is 5.15. The Balaban J connectivity index is 1.95. The van der Waals surface area contributed by atoms with Crippen molar-refractivity contribution in [1.29, 1.82) is 0 Å². The standard InChI is InChI=1S/C12H12N6O/c1-19-8-4-2-3-7(5-8)16-12-17-10(13)9-11(18-12)15-6-14-9/h2-6H,1H3,(H4,13,14,15,16,17,18). The fraction of sp³-hybridized carbons (Fsp3) is 0.0833. The van der Waals surface area contributed by atoms with E-state index in [0.29, 0.717) is 22.9 Å². The van der Waals surface area contributed by atoms with Gasteiger partial charge >= 0.3 is 0 Å². The molecule has 0 aliphatic heterocycles. The molecular weight excluding hydrogens is 244 g/mol. The van der Waals surface area contributed by atoms with E-state index in [2.05, 4.69) is 25.3 Å². The highest BCUT2D eigenvalue weighted by molar-refractivity contribution is 5.82.